The highest BCUT2D eigenvalue weighted by atomic mass is 79.9. The van der Waals surface area contributed by atoms with Crippen molar-refractivity contribution in [3.05, 3.63) is 52.5 Å². The Morgan fingerprint density at radius 2 is 1.93 bits per heavy atom. The van der Waals surface area contributed by atoms with Crippen LogP contribution in [-0.2, 0) is 4.79 Å². The van der Waals surface area contributed by atoms with E-state index in [1.54, 1.807) is 43.4 Å². The Morgan fingerprint density at radius 1 is 1.20 bits per heavy atom. The number of ether oxygens (including phenoxy) is 1. The van der Waals surface area contributed by atoms with Gasteiger partial charge in [-0.15, -0.1) is 0 Å². The molecule has 2 amide bonds. The number of carbonyl (C=O) groups is 2. The number of nitrogens with zero attached hydrogens (tertiary/aromatic N) is 1. The van der Waals surface area contributed by atoms with Crippen molar-refractivity contribution < 1.29 is 14.3 Å². The van der Waals surface area contributed by atoms with Gasteiger partial charge in [-0.2, -0.15) is 0 Å². The molecule has 0 aliphatic rings. The fourth-order valence-corrected chi connectivity index (χ4v) is 3.18. The van der Waals surface area contributed by atoms with Crippen LogP contribution in [0.1, 0.15) is 37.6 Å². The summed E-state index contributed by atoms with van der Waals surface area (Å²) >= 11 is 8.70. The van der Waals surface area contributed by atoms with Crippen molar-refractivity contribution in [2.24, 2.45) is 5.92 Å². The second-order valence-electron chi connectivity index (χ2n) is 7.21. The standard InChI is InChI=1S/C22H26BrN3O3S/c1-14(2)10-11-29-20-9-8-16(12-19(20)23)21(28)25-22(30)24-17-6-5-7-18(13-17)26(4)15(3)27/h5-9,12-14H,10-11H2,1-4H3,(H2,24,25,28,30). The van der Waals surface area contributed by atoms with Crippen LogP contribution < -0.4 is 20.3 Å². The molecular formula is C22H26BrN3O3S. The van der Waals surface area contributed by atoms with Gasteiger partial charge in [0.15, 0.2) is 5.11 Å². The predicted molar refractivity (Wildman–Crippen MR) is 128 cm³/mol. The largest absolute Gasteiger partial charge is 0.492 e. The molecule has 160 valence electrons. The number of halogens is 1. The van der Waals surface area contributed by atoms with E-state index < -0.39 is 0 Å². The summed E-state index contributed by atoms with van der Waals surface area (Å²) in [6, 6.07) is 12.3. The zero-order valence-corrected chi connectivity index (χ0v) is 19.9. The molecule has 8 heteroatoms. The fraction of sp³-hybridized carbons (Fsp3) is 0.318. The van der Waals surface area contributed by atoms with Gasteiger partial charge in [-0.3, -0.25) is 14.9 Å². The fourth-order valence-electron chi connectivity index (χ4n) is 2.48. The van der Waals surface area contributed by atoms with Gasteiger partial charge in [0.1, 0.15) is 5.75 Å². The van der Waals surface area contributed by atoms with Crippen molar-refractivity contribution in [3.8, 4) is 5.75 Å². The number of anilines is 2. The average molecular weight is 492 g/mol. The first kappa shape index (κ1) is 23.8. The van der Waals surface area contributed by atoms with Crippen molar-refractivity contribution in [1.82, 2.24) is 5.32 Å². The molecule has 0 saturated carbocycles. The molecule has 0 radical (unpaired) electrons. The topological polar surface area (TPSA) is 70.7 Å². The van der Waals surface area contributed by atoms with Gasteiger partial charge in [-0.25, -0.2) is 0 Å². The molecule has 0 unspecified atom stereocenters. The number of amides is 2. The summed E-state index contributed by atoms with van der Waals surface area (Å²) in [5.41, 5.74) is 1.84. The zero-order valence-electron chi connectivity index (χ0n) is 17.5. The number of hydrogen-bond acceptors (Lipinski definition) is 4. The Morgan fingerprint density at radius 3 is 2.57 bits per heavy atom. The molecule has 2 N–H and O–H groups in total. The molecule has 6 nitrogen and oxygen atoms in total. The summed E-state index contributed by atoms with van der Waals surface area (Å²) in [7, 11) is 1.69. The van der Waals surface area contributed by atoms with E-state index in [0.717, 1.165) is 12.1 Å². The number of benzene rings is 2. The SMILES string of the molecule is CC(=O)N(C)c1cccc(NC(=S)NC(=O)c2ccc(OCCC(C)C)c(Br)c2)c1. The van der Waals surface area contributed by atoms with Crippen molar-refractivity contribution in [3.63, 3.8) is 0 Å². The maximum atomic E-state index is 12.5. The minimum atomic E-state index is -0.334. The molecule has 2 aromatic rings. The van der Waals surface area contributed by atoms with Gasteiger partial charge in [-0.05, 0) is 76.9 Å². The molecule has 2 aromatic carbocycles. The predicted octanol–water partition coefficient (Wildman–Crippen LogP) is 4.98. The van der Waals surface area contributed by atoms with Crippen LogP contribution in [0.3, 0.4) is 0 Å². The molecule has 0 fully saturated rings. The summed E-state index contributed by atoms with van der Waals surface area (Å²) in [4.78, 5) is 25.6. The van der Waals surface area contributed by atoms with Gasteiger partial charge in [0.05, 0.1) is 11.1 Å². The highest BCUT2D eigenvalue weighted by Crippen LogP contribution is 2.26. The third-order valence-electron chi connectivity index (χ3n) is 4.34. The summed E-state index contributed by atoms with van der Waals surface area (Å²) < 4.78 is 6.45. The van der Waals surface area contributed by atoms with E-state index in [9.17, 15) is 9.59 Å². The third-order valence-corrected chi connectivity index (χ3v) is 5.16. The molecule has 0 atom stereocenters. The minimum Gasteiger partial charge on any atom is -0.492 e. The Hall–Kier alpha value is -2.45. The van der Waals surface area contributed by atoms with E-state index in [-0.39, 0.29) is 16.9 Å². The highest BCUT2D eigenvalue weighted by Gasteiger charge is 2.12. The van der Waals surface area contributed by atoms with Crippen molar-refractivity contribution in [2.45, 2.75) is 27.2 Å². The molecule has 0 spiro atoms. The van der Waals surface area contributed by atoms with Crippen LogP contribution in [0.2, 0.25) is 0 Å². The summed E-state index contributed by atoms with van der Waals surface area (Å²) in [5.74, 6) is 0.842. The first-order chi connectivity index (χ1) is 14.2. The molecule has 0 aliphatic heterocycles. The quantitative estimate of drug-likeness (QED) is 0.534. The van der Waals surface area contributed by atoms with Gasteiger partial charge in [0.25, 0.3) is 5.91 Å². The average Bonchev–Trinajstić information content (AvgIpc) is 2.68. The monoisotopic (exact) mass is 491 g/mol. The zero-order chi connectivity index (χ0) is 22.3. The van der Waals surface area contributed by atoms with Crippen LogP contribution in [0.25, 0.3) is 0 Å². The van der Waals surface area contributed by atoms with E-state index >= 15 is 0 Å². The van der Waals surface area contributed by atoms with Gasteiger partial charge in [0, 0.05) is 30.9 Å². The Balaban J connectivity index is 1.97. The molecule has 0 aliphatic carbocycles. The van der Waals surface area contributed by atoms with Gasteiger partial charge >= 0.3 is 0 Å². The molecule has 0 bridgehead atoms. The second kappa shape index (κ2) is 11.1. The van der Waals surface area contributed by atoms with E-state index in [4.69, 9.17) is 17.0 Å². The number of thiocarbonyl (C=S) groups is 1. The number of carbonyl (C=O) groups excluding carboxylic acids is 2. The lowest BCUT2D eigenvalue weighted by atomic mass is 10.1. The van der Waals surface area contributed by atoms with E-state index in [0.29, 0.717) is 34.0 Å². The van der Waals surface area contributed by atoms with Crippen LogP contribution in [0, 0.1) is 5.92 Å². The minimum absolute atomic E-state index is 0.0785. The van der Waals surface area contributed by atoms with Crippen LogP contribution in [-0.4, -0.2) is 30.6 Å². The summed E-state index contributed by atoms with van der Waals surface area (Å²) in [5, 5.41) is 5.79. The molecule has 30 heavy (non-hydrogen) atoms. The molecule has 0 aromatic heterocycles. The Bertz CT molecular complexity index is 934. The van der Waals surface area contributed by atoms with Crippen LogP contribution in [0.4, 0.5) is 11.4 Å². The lowest BCUT2D eigenvalue weighted by Gasteiger charge is -2.17. The lowest BCUT2D eigenvalue weighted by Crippen LogP contribution is -2.34. The second-order valence-corrected chi connectivity index (χ2v) is 8.48. The van der Waals surface area contributed by atoms with Crippen molar-refractivity contribution in [2.75, 3.05) is 23.9 Å². The maximum absolute atomic E-state index is 12.5. The molecular weight excluding hydrogens is 466 g/mol. The number of nitrogens with one attached hydrogen (secondary N) is 2. The number of hydrogen-bond donors (Lipinski definition) is 2. The van der Waals surface area contributed by atoms with E-state index in [2.05, 4.69) is 40.4 Å². The normalized spacial score (nSPS) is 10.5. The van der Waals surface area contributed by atoms with Gasteiger partial charge < -0.3 is 15.0 Å². The van der Waals surface area contributed by atoms with Gasteiger partial charge in [-0.1, -0.05) is 19.9 Å². The van der Waals surface area contributed by atoms with Crippen molar-refractivity contribution in [1.29, 1.82) is 0 Å². The summed E-state index contributed by atoms with van der Waals surface area (Å²) in [6.07, 6.45) is 0.956. The van der Waals surface area contributed by atoms with E-state index in [1.165, 1.54) is 11.8 Å². The van der Waals surface area contributed by atoms with E-state index in [1.807, 2.05) is 6.07 Å². The third kappa shape index (κ3) is 7.11. The smallest absolute Gasteiger partial charge is 0.257 e. The lowest BCUT2D eigenvalue weighted by molar-refractivity contribution is -0.116. The van der Waals surface area contributed by atoms with Gasteiger partial charge in [0.2, 0.25) is 5.91 Å². The Labute approximate surface area is 191 Å². The first-order valence-electron chi connectivity index (χ1n) is 9.56. The maximum Gasteiger partial charge on any atom is 0.257 e. The highest BCUT2D eigenvalue weighted by molar-refractivity contribution is 9.10. The summed E-state index contributed by atoms with van der Waals surface area (Å²) in [6.45, 7) is 6.39. The molecule has 0 saturated heterocycles. The van der Waals surface area contributed by atoms with Crippen LogP contribution in [0.5, 0.6) is 5.75 Å². The molecule has 0 heterocycles. The van der Waals surface area contributed by atoms with Crippen molar-refractivity contribution >= 4 is 56.4 Å². The Kier molecular flexibility index (Phi) is 8.80. The van der Waals surface area contributed by atoms with Crippen LogP contribution in [0.15, 0.2) is 46.9 Å². The van der Waals surface area contributed by atoms with Crippen LogP contribution >= 0.6 is 28.1 Å². The number of rotatable bonds is 7. The molecule has 2 rings (SSSR count). The first-order valence-corrected chi connectivity index (χ1v) is 10.8.